The van der Waals surface area contributed by atoms with E-state index in [-0.39, 0.29) is 5.78 Å². The summed E-state index contributed by atoms with van der Waals surface area (Å²) in [5, 5.41) is 0. The van der Waals surface area contributed by atoms with Gasteiger partial charge in [-0.05, 0) is 43.5 Å². The van der Waals surface area contributed by atoms with Gasteiger partial charge in [-0.15, -0.1) is 0 Å². The second-order valence-electron chi connectivity index (χ2n) is 4.42. The predicted octanol–water partition coefficient (Wildman–Crippen LogP) is 2.83. The first kappa shape index (κ1) is 11.6. The number of H-pyrrole nitrogens is 1. The number of hydrogen-bond acceptors (Lipinski definition) is 2. The molecule has 1 aromatic heterocycles. The number of hydrogen-bond donors (Lipinski definition) is 1. The highest BCUT2D eigenvalue weighted by molar-refractivity contribution is 5.77. The third kappa shape index (κ3) is 2.61. The summed E-state index contributed by atoms with van der Waals surface area (Å²) in [7, 11) is 0. The van der Waals surface area contributed by atoms with Gasteiger partial charge >= 0.3 is 0 Å². The van der Waals surface area contributed by atoms with Crippen molar-refractivity contribution in [3.8, 4) is 11.3 Å². The third-order valence-electron chi connectivity index (χ3n) is 2.86. The van der Waals surface area contributed by atoms with Gasteiger partial charge in [-0.1, -0.05) is 12.1 Å². The molecular weight excluding hydrogens is 212 g/mol. The molecule has 3 heteroatoms. The summed E-state index contributed by atoms with van der Waals surface area (Å²) in [5.41, 5.74) is 4.60. The molecule has 2 aromatic rings. The van der Waals surface area contributed by atoms with Gasteiger partial charge in [0.2, 0.25) is 0 Å². The lowest BCUT2D eigenvalue weighted by Crippen LogP contribution is -1.97. The molecule has 1 aromatic carbocycles. The maximum Gasteiger partial charge on any atom is 0.137 e. The number of imidazole rings is 1. The molecule has 2 rings (SSSR count). The zero-order valence-corrected chi connectivity index (χ0v) is 10.4. The van der Waals surface area contributed by atoms with Gasteiger partial charge in [0, 0.05) is 0 Å². The summed E-state index contributed by atoms with van der Waals surface area (Å²) in [6, 6.07) is 6.28. The van der Waals surface area contributed by atoms with E-state index in [9.17, 15) is 4.79 Å². The van der Waals surface area contributed by atoms with Gasteiger partial charge in [-0.2, -0.15) is 0 Å². The van der Waals surface area contributed by atoms with Crippen LogP contribution in [-0.4, -0.2) is 15.8 Å². The molecule has 0 saturated heterocycles. The van der Waals surface area contributed by atoms with E-state index in [1.165, 1.54) is 11.1 Å². The van der Waals surface area contributed by atoms with Crippen LogP contribution < -0.4 is 0 Å². The van der Waals surface area contributed by atoms with Crippen LogP contribution in [0.2, 0.25) is 0 Å². The molecule has 0 fully saturated rings. The minimum absolute atomic E-state index is 0.117. The number of carbonyl (C=O) groups excluding carboxylic acids is 1. The molecule has 0 spiro atoms. The van der Waals surface area contributed by atoms with Crippen molar-refractivity contribution in [3.05, 3.63) is 41.3 Å². The third-order valence-corrected chi connectivity index (χ3v) is 2.86. The van der Waals surface area contributed by atoms with E-state index in [2.05, 4.69) is 42.0 Å². The van der Waals surface area contributed by atoms with Crippen LogP contribution in [0.25, 0.3) is 11.3 Å². The Morgan fingerprint density at radius 2 is 2.06 bits per heavy atom. The van der Waals surface area contributed by atoms with E-state index in [4.69, 9.17) is 0 Å². The molecule has 0 atom stereocenters. The number of aryl methyl sites for hydroxylation is 2. The van der Waals surface area contributed by atoms with Crippen LogP contribution in [-0.2, 0) is 11.2 Å². The van der Waals surface area contributed by atoms with E-state index in [0.717, 1.165) is 17.1 Å². The quantitative estimate of drug-likeness (QED) is 0.878. The van der Waals surface area contributed by atoms with Crippen LogP contribution in [0.3, 0.4) is 0 Å². The minimum Gasteiger partial charge on any atom is -0.342 e. The second-order valence-corrected chi connectivity index (χ2v) is 4.42. The molecular formula is C14H16N2O. The summed E-state index contributed by atoms with van der Waals surface area (Å²) < 4.78 is 0. The van der Waals surface area contributed by atoms with Gasteiger partial charge in [0.15, 0.2) is 0 Å². The highest BCUT2D eigenvalue weighted by Crippen LogP contribution is 2.20. The summed E-state index contributed by atoms with van der Waals surface area (Å²) in [5.74, 6) is 0.844. The SMILES string of the molecule is CC(=O)Cc1ncc(-c2ccc(C)c(C)c2)[nH]1. The van der Waals surface area contributed by atoms with Crippen molar-refractivity contribution in [1.29, 1.82) is 0 Å². The molecule has 0 unspecified atom stereocenters. The number of rotatable bonds is 3. The minimum atomic E-state index is 0.117. The Kier molecular flexibility index (Phi) is 3.09. The van der Waals surface area contributed by atoms with Crippen molar-refractivity contribution < 1.29 is 4.79 Å². The molecule has 88 valence electrons. The van der Waals surface area contributed by atoms with Gasteiger partial charge < -0.3 is 4.98 Å². The van der Waals surface area contributed by atoms with Gasteiger partial charge in [-0.25, -0.2) is 4.98 Å². The topological polar surface area (TPSA) is 45.8 Å². The Labute approximate surface area is 101 Å². The lowest BCUT2D eigenvalue weighted by molar-refractivity contribution is -0.116. The monoisotopic (exact) mass is 228 g/mol. The Morgan fingerprint density at radius 3 is 2.71 bits per heavy atom. The van der Waals surface area contributed by atoms with Crippen LogP contribution in [0.1, 0.15) is 23.9 Å². The van der Waals surface area contributed by atoms with Crippen molar-refractivity contribution in [3.63, 3.8) is 0 Å². The van der Waals surface area contributed by atoms with Crippen molar-refractivity contribution >= 4 is 5.78 Å². The van der Waals surface area contributed by atoms with Crippen LogP contribution in [0, 0.1) is 13.8 Å². The molecule has 0 aliphatic carbocycles. The van der Waals surface area contributed by atoms with Crippen LogP contribution >= 0.6 is 0 Å². The van der Waals surface area contributed by atoms with E-state index in [1.54, 1.807) is 13.1 Å². The molecule has 1 N–H and O–H groups in total. The van der Waals surface area contributed by atoms with Gasteiger partial charge in [0.05, 0.1) is 18.3 Å². The van der Waals surface area contributed by atoms with Crippen molar-refractivity contribution in [2.24, 2.45) is 0 Å². The summed E-state index contributed by atoms with van der Waals surface area (Å²) in [6.07, 6.45) is 2.15. The fourth-order valence-electron chi connectivity index (χ4n) is 1.74. The largest absolute Gasteiger partial charge is 0.342 e. The molecule has 0 aliphatic heterocycles. The number of aromatic nitrogens is 2. The number of nitrogens with one attached hydrogen (secondary N) is 1. The Bertz CT molecular complexity index is 555. The van der Waals surface area contributed by atoms with E-state index >= 15 is 0 Å². The van der Waals surface area contributed by atoms with Gasteiger partial charge in [-0.3, -0.25) is 4.79 Å². The fourth-order valence-corrected chi connectivity index (χ4v) is 1.74. The van der Waals surface area contributed by atoms with Gasteiger partial charge in [0.25, 0.3) is 0 Å². The lowest BCUT2D eigenvalue weighted by Gasteiger charge is -2.02. The smallest absolute Gasteiger partial charge is 0.137 e. The zero-order valence-electron chi connectivity index (χ0n) is 10.4. The van der Waals surface area contributed by atoms with Crippen molar-refractivity contribution in [2.45, 2.75) is 27.2 Å². The first-order valence-electron chi connectivity index (χ1n) is 5.67. The predicted molar refractivity (Wildman–Crippen MR) is 67.9 cm³/mol. The molecule has 17 heavy (non-hydrogen) atoms. The highest BCUT2D eigenvalue weighted by Gasteiger charge is 2.05. The summed E-state index contributed by atoms with van der Waals surface area (Å²) >= 11 is 0. The number of nitrogens with zero attached hydrogens (tertiary/aromatic N) is 1. The highest BCUT2D eigenvalue weighted by atomic mass is 16.1. The number of ketones is 1. The Hall–Kier alpha value is -1.90. The average molecular weight is 228 g/mol. The molecule has 0 amide bonds. The normalized spacial score (nSPS) is 10.5. The molecule has 3 nitrogen and oxygen atoms in total. The molecule has 1 heterocycles. The average Bonchev–Trinajstić information content (AvgIpc) is 2.69. The molecule has 0 saturated carbocycles. The van der Waals surface area contributed by atoms with Crippen molar-refractivity contribution in [2.75, 3.05) is 0 Å². The van der Waals surface area contributed by atoms with Crippen LogP contribution in [0.4, 0.5) is 0 Å². The zero-order chi connectivity index (χ0) is 12.4. The first-order valence-corrected chi connectivity index (χ1v) is 5.67. The number of Topliss-reactive ketones (excluding diaryl/α,β-unsaturated/α-hetero) is 1. The second kappa shape index (κ2) is 4.53. The fraction of sp³-hybridized carbons (Fsp3) is 0.286. The van der Waals surface area contributed by atoms with E-state index in [1.807, 2.05) is 0 Å². The molecule has 0 aliphatic rings. The maximum atomic E-state index is 11.0. The molecule has 0 bridgehead atoms. The number of benzene rings is 1. The standard InChI is InChI=1S/C14H16N2O/c1-9-4-5-12(6-10(9)2)13-8-15-14(16-13)7-11(3)17/h4-6,8H,7H2,1-3H3,(H,15,16). The van der Waals surface area contributed by atoms with E-state index in [0.29, 0.717) is 6.42 Å². The summed E-state index contributed by atoms with van der Waals surface area (Å²) in [4.78, 5) is 18.4. The Morgan fingerprint density at radius 1 is 1.29 bits per heavy atom. The van der Waals surface area contributed by atoms with Crippen LogP contribution in [0.5, 0.6) is 0 Å². The maximum absolute atomic E-state index is 11.0. The van der Waals surface area contributed by atoms with Crippen molar-refractivity contribution in [1.82, 2.24) is 9.97 Å². The van der Waals surface area contributed by atoms with Gasteiger partial charge in [0.1, 0.15) is 11.6 Å². The number of carbonyl (C=O) groups is 1. The molecule has 0 radical (unpaired) electrons. The van der Waals surface area contributed by atoms with Crippen LogP contribution in [0.15, 0.2) is 24.4 Å². The summed E-state index contributed by atoms with van der Waals surface area (Å²) in [6.45, 7) is 5.75. The Balaban J connectivity index is 2.30. The van der Waals surface area contributed by atoms with E-state index < -0.39 is 0 Å². The lowest BCUT2D eigenvalue weighted by atomic mass is 10.1. The first-order chi connectivity index (χ1) is 8.06. The number of aromatic amines is 1.